The van der Waals surface area contributed by atoms with Crippen LogP contribution >= 0.6 is 0 Å². The molecule has 1 aromatic rings. The number of carbonyl (C=O) groups excluding carboxylic acids is 1. The van der Waals surface area contributed by atoms with Crippen molar-refractivity contribution in [2.24, 2.45) is 5.92 Å². The summed E-state index contributed by atoms with van der Waals surface area (Å²) in [4.78, 5) is 16.3. The van der Waals surface area contributed by atoms with Gasteiger partial charge in [-0.2, -0.15) is 0 Å². The van der Waals surface area contributed by atoms with Gasteiger partial charge in [-0.05, 0) is 43.7 Å². The molecule has 4 heteroatoms. The van der Waals surface area contributed by atoms with Crippen LogP contribution in [-0.2, 0) is 0 Å². The lowest BCUT2D eigenvalue weighted by atomic mass is 10.1. The number of aromatic nitrogens is 1. The summed E-state index contributed by atoms with van der Waals surface area (Å²) < 4.78 is 0. The van der Waals surface area contributed by atoms with Crippen LogP contribution in [0.3, 0.4) is 0 Å². The minimum atomic E-state index is -0.0563. The zero-order valence-electron chi connectivity index (χ0n) is 11.8. The zero-order chi connectivity index (χ0) is 13.7. The van der Waals surface area contributed by atoms with Crippen LogP contribution in [0, 0.1) is 5.92 Å². The molecular weight excluding hydrogens is 238 g/mol. The molecule has 0 aliphatic heterocycles. The minimum Gasteiger partial charge on any atom is -0.385 e. The normalized spacial score (nSPS) is 22.2. The first-order valence-electron chi connectivity index (χ1n) is 7.19. The summed E-state index contributed by atoms with van der Waals surface area (Å²) in [6, 6.07) is 4.03. The number of nitrogens with one attached hydrogen (secondary N) is 2. The Labute approximate surface area is 115 Å². The standard InChI is InChI=1S/C15H23N3O/c1-3-7-16-12-6-8-17-14(10-12)15(19)18-13-5-4-11(2)9-13/h6,8,10-11,13H,3-5,7,9H2,1-2H3,(H,16,17)(H,18,19). The van der Waals surface area contributed by atoms with Crippen LogP contribution in [0.1, 0.15) is 50.0 Å². The Balaban J connectivity index is 1.94. The molecule has 19 heavy (non-hydrogen) atoms. The number of pyridine rings is 1. The first-order valence-corrected chi connectivity index (χ1v) is 7.19. The fraction of sp³-hybridized carbons (Fsp3) is 0.600. The van der Waals surface area contributed by atoms with Crippen LogP contribution in [0.2, 0.25) is 0 Å². The van der Waals surface area contributed by atoms with Gasteiger partial charge in [-0.3, -0.25) is 9.78 Å². The number of hydrogen-bond acceptors (Lipinski definition) is 3. The Morgan fingerprint density at radius 2 is 2.32 bits per heavy atom. The van der Waals surface area contributed by atoms with E-state index >= 15 is 0 Å². The van der Waals surface area contributed by atoms with E-state index in [4.69, 9.17) is 0 Å². The van der Waals surface area contributed by atoms with Gasteiger partial charge in [0.1, 0.15) is 5.69 Å². The molecule has 1 heterocycles. The van der Waals surface area contributed by atoms with Gasteiger partial charge in [0, 0.05) is 24.5 Å². The summed E-state index contributed by atoms with van der Waals surface area (Å²) in [5, 5.41) is 6.35. The second-order valence-electron chi connectivity index (χ2n) is 5.45. The van der Waals surface area contributed by atoms with Crippen molar-refractivity contribution >= 4 is 11.6 Å². The topological polar surface area (TPSA) is 54.0 Å². The highest BCUT2D eigenvalue weighted by Crippen LogP contribution is 2.24. The summed E-state index contributed by atoms with van der Waals surface area (Å²) in [6.45, 7) is 5.26. The van der Waals surface area contributed by atoms with E-state index in [-0.39, 0.29) is 5.91 Å². The third-order valence-corrected chi connectivity index (χ3v) is 3.60. The molecule has 0 bridgehead atoms. The van der Waals surface area contributed by atoms with Gasteiger partial charge in [-0.1, -0.05) is 13.8 Å². The van der Waals surface area contributed by atoms with Gasteiger partial charge < -0.3 is 10.6 Å². The van der Waals surface area contributed by atoms with Crippen molar-refractivity contribution in [1.82, 2.24) is 10.3 Å². The maximum absolute atomic E-state index is 12.1. The summed E-state index contributed by atoms with van der Waals surface area (Å²) in [7, 11) is 0. The van der Waals surface area contributed by atoms with Crippen LogP contribution in [-0.4, -0.2) is 23.5 Å². The van der Waals surface area contributed by atoms with Gasteiger partial charge in [0.25, 0.3) is 5.91 Å². The van der Waals surface area contributed by atoms with Crippen molar-refractivity contribution in [1.29, 1.82) is 0 Å². The molecule has 1 aliphatic rings. The number of nitrogens with zero attached hydrogens (tertiary/aromatic N) is 1. The molecule has 0 radical (unpaired) electrons. The first-order chi connectivity index (χ1) is 9.19. The van der Waals surface area contributed by atoms with Crippen molar-refractivity contribution in [3.63, 3.8) is 0 Å². The van der Waals surface area contributed by atoms with Crippen molar-refractivity contribution in [3.8, 4) is 0 Å². The fourth-order valence-electron chi connectivity index (χ4n) is 2.53. The highest BCUT2D eigenvalue weighted by Gasteiger charge is 2.23. The Kier molecular flexibility index (Phi) is 4.77. The van der Waals surface area contributed by atoms with Gasteiger partial charge in [-0.25, -0.2) is 0 Å². The van der Waals surface area contributed by atoms with Crippen LogP contribution in [0.5, 0.6) is 0 Å². The average molecular weight is 261 g/mol. The summed E-state index contributed by atoms with van der Waals surface area (Å²) >= 11 is 0. The first kappa shape index (κ1) is 13.8. The third-order valence-electron chi connectivity index (χ3n) is 3.60. The molecule has 104 valence electrons. The lowest BCUT2D eigenvalue weighted by Crippen LogP contribution is -2.33. The van der Waals surface area contributed by atoms with E-state index in [0.29, 0.717) is 11.7 Å². The van der Waals surface area contributed by atoms with Crippen LogP contribution in [0.15, 0.2) is 18.3 Å². The number of carbonyl (C=O) groups is 1. The van der Waals surface area contributed by atoms with E-state index in [9.17, 15) is 4.79 Å². The van der Waals surface area contributed by atoms with Gasteiger partial charge in [-0.15, -0.1) is 0 Å². The molecule has 1 saturated carbocycles. The SMILES string of the molecule is CCCNc1ccnc(C(=O)NC2CCC(C)C2)c1. The fourth-order valence-corrected chi connectivity index (χ4v) is 2.53. The highest BCUT2D eigenvalue weighted by molar-refractivity contribution is 5.93. The van der Waals surface area contributed by atoms with E-state index in [1.54, 1.807) is 6.20 Å². The molecular formula is C15H23N3O. The van der Waals surface area contributed by atoms with Crippen molar-refractivity contribution in [2.45, 2.75) is 45.6 Å². The van der Waals surface area contributed by atoms with E-state index in [1.165, 1.54) is 6.42 Å². The molecule has 2 rings (SSSR count). The molecule has 0 aromatic carbocycles. The van der Waals surface area contributed by atoms with E-state index in [2.05, 4.69) is 29.5 Å². The molecule has 4 nitrogen and oxygen atoms in total. The van der Waals surface area contributed by atoms with Gasteiger partial charge in [0.05, 0.1) is 0 Å². The highest BCUT2D eigenvalue weighted by atomic mass is 16.1. The van der Waals surface area contributed by atoms with E-state index in [0.717, 1.165) is 37.4 Å². The molecule has 2 atom stereocenters. The second kappa shape index (κ2) is 6.55. The molecule has 0 spiro atoms. The predicted molar refractivity (Wildman–Crippen MR) is 77.3 cm³/mol. The summed E-state index contributed by atoms with van der Waals surface area (Å²) in [6.07, 6.45) is 6.12. The van der Waals surface area contributed by atoms with E-state index in [1.807, 2.05) is 12.1 Å². The number of amides is 1. The molecule has 1 fully saturated rings. The van der Waals surface area contributed by atoms with Crippen LogP contribution in [0.25, 0.3) is 0 Å². The van der Waals surface area contributed by atoms with Gasteiger partial charge in [0.15, 0.2) is 0 Å². The van der Waals surface area contributed by atoms with Gasteiger partial charge >= 0.3 is 0 Å². The lowest BCUT2D eigenvalue weighted by molar-refractivity contribution is 0.0932. The Hall–Kier alpha value is -1.58. The molecule has 1 amide bonds. The predicted octanol–water partition coefficient (Wildman–Crippen LogP) is 2.82. The van der Waals surface area contributed by atoms with Crippen molar-refractivity contribution < 1.29 is 4.79 Å². The largest absolute Gasteiger partial charge is 0.385 e. The smallest absolute Gasteiger partial charge is 0.270 e. The monoisotopic (exact) mass is 261 g/mol. The minimum absolute atomic E-state index is 0.0563. The lowest BCUT2D eigenvalue weighted by Gasteiger charge is -2.12. The van der Waals surface area contributed by atoms with E-state index < -0.39 is 0 Å². The second-order valence-corrected chi connectivity index (χ2v) is 5.45. The number of hydrogen-bond donors (Lipinski definition) is 2. The average Bonchev–Trinajstić information content (AvgIpc) is 2.82. The van der Waals surface area contributed by atoms with Crippen LogP contribution < -0.4 is 10.6 Å². The quantitative estimate of drug-likeness (QED) is 0.857. The zero-order valence-corrected chi connectivity index (χ0v) is 11.8. The molecule has 2 N–H and O–H groups in total. The molecule has 1 aromatic heterocycles. The Morgan fingerprint density at radius 3 is 3.00 bits per heavy atom. The molecule has 1 aliphatic carbocycles. The number of rotatable bonds is 5. The third kappa shape index (κ3) is 3.94. The molecule has 2 unspecified atom stereocenters. The van der Waals surface area contributed by atoms with Crippen LogP contribution in [0.4, 0.5) is 5.69 Å². The Bertz CT molecular complexity index is 433. The maximum atomic E-state index is 12.1. The maximum Gasteiger partial charge on any atom is 0.270 e. The summed E-state index contributed by atoms with van der Waals surface area (Å²) in [5.74, 6) is 0.662. The molecule has 0 saturated heterocycles. The van der Waals surface area contributed by atoms with Crippen molar-refractivity contribution in [3.05, 3.63) is 24.0 Å². The summed E-state index contributed by atoms with van der Waals surface area (Å²) in [5.41, 5.74) is 1.46. The van der Waals surface area contributed by atoms with Crippen molar-refractivity contribution in [2.75, 3.05) is 11.9 Å². The Morgan fingerprint density at radius 1 is 1.47 bits per heavy atom. The van der Waals surface area contributed by atoms with Gasteiger partial charge in [0.2, 0.25) is 0 Å². The number of anilines is 1.